The first-order valence-electron chi connectivity index (χ1n) is 3.68. The van der Waals surface area contributed by atoms with E-state index in [2.05, 4.69) is 27.2 Å². The lowest BCUT2D eigenvalue weighted by molar-refractivity contribution is -0.00000260. The monoisotopic (exact) mass is 230 g/mol. The quantitative estimate of drug-likeness (QED) is 0.460. The molecular weight excluding hydrogens is 216 g/mol. The summed E-state index contributed by atoms with van der Waals surface area (Å²) in [6.45, 7) is 0. The van der Waals surface area contributed by atoms with Crippen LogP contribution in [0.1, 0.15) is 0 Å². The van der Waals surface area contributed by atoms with Crippen LogP contribution in [-0.2, 0) is 0 Å². The highest BCUT2D eigenvalue weighted by Gasteiger charge is 2.10. The van der Waals surface area contributed by atoms with Crippen molar-refractivity contribution in [2.75, 3.05) is 26.9 Å². The van der Waals surface area contributed by atoms with Gasteiger partial charge in [-0.3, -0.25) is 4.48 Å². The van der Waals surface area contributed by atoms with E-state index in [1.54, 1.807) is 0 Å². The molecule has 0 bridgehead atoms. The van der Waals surface area contributed by atoms with Gasteiger partial charge in [-0.1, -0.05) is 6.07 Å². The molecule has 1 aromatic carbocycles. The predicted molar refractivity (Wildman–Crippen MR) is 50.4 cm³/mol. The Morgan fingerprint density at radius 1 is 1.17 bits per heavy atom. The Labute approximate surface area is 84.3 Å². The van der Waals surface area contributed by atoms with Crippen molar-refractivity contribution in [1.29, 1.82) is 0 Å². The Morgan fingerprint density at radius 3 is 2.08 bits per heavy atom. The Hall–Kier alpha value is -0.540. The minimum Gasteiger partial charge on any atom is -1.00 e. The molecule has 0 amide bonds. The van der Waals surface area contributed by atoms with Gasteiger partial charge in [-0.05, 0) is 12.1 Å². The van der Waals surface area contributed by atoms with E-state index in [4.69, 9.17) is 5.73 Å². The van der Waals surface area contributed by atoms with Crippen LogP contribution in [0.4, 0.5) is 11.4 Å². The number of nitrogen functional groups attached to an aromatic ring is 1. The van der Waals surface area contributed by atoms with Gasteiger partial charge >= 0.3 is 0 Å². The van der Waals surface area contributed by atoms with Crippen molar-refractivity contribution in [2.45, 2.75) is 0 Å². The van der Waals surface area contributed by atoms with Crippen molar-refractivity contribution < 1.29 is 17.0 Å². The molecule has 12 heavy (non-hydrogen) atoms. The molecule has 0 radical (unpaired) electrons. The summed E-state index contributed by atoms with van der Waals surface area (Å²) in [6, 6.07) is 7.96. The number of rotatable bonds is 1. The molecule has 1 aromatic rings. The highest BCUT2D eigenvalue weighted by molar-refractivity contribution is 5.52. The first-order chi connectivity index (χ1) is 5.00. The van der Waals surface area contributed by atoms with E-state index < -0.39 is 0 Å². The smallest absolute Gasteiger partial charge is 0.134 e. The second-order valence-electron chi connectivity index (χ2n) is 3.61. The van der Waals surface area contributed by atoms with E-state index in [1.807, 2.05) is 18.2 Å². The van der Waals surface area contributed by atoms with Gasteiger partial charge in [0.15, 0.2) is 0 Å². The fourth-order valence-corrected chi connectivity index (χ4v) is 0.942. The lowest BCUT2D eigenvalue weighted by Crippen LogP contribution is -3.00. The van der Waals surface area contributed by atoms with Crippen molar-refractivity contribution in [3.8, 4) is 0 Å². The number of nitrogens with zero attached hydrogens (tertiary/aromatic N) is 1. The summed E-state index contributed by atoms with van der Waals surface area (Å²) in [7, 11) is 6.36. The Kier molecular flexibility index (Phi) is 3.74. The van der Waals surface area contributed by atoms with Gasteiger partial charge in [0.25, 0.3) is 0 Å². The third-order valence-electron chi connectivity index (χ3n) is 1.64. The fourth-order valence-electron chi connectivity index (χ4n) is 0.942. The molecule has 0 saturated heterocycles. The molecule has 0 spiro atoms. The van der Waals surface area contributed by atoms with Crippen LogP contribution in [0, 0.1) is 0 Å². The van der Waals surface area contributed by atoms with Gasteiger partial charge in [0.05, 0.1) is 21.1 Å². The Bertz CT molecular complexity index is 253. The maximum Gasteiger partial charge on any atom is 0.134 e. The topological polar surface area (TPSA) is 26.0 Å². The molecule has 0 unspecified atom stereocenters. The number of benzene rings is 1. The Morgan fingerprint density at radius 2 is 1.75 bits per heavy atom. The van der Waals surface area contributed by atoms with Crippen LogP contribution in [0.2, 0.25) is 0 Å². The SMILES string of the molecule is C[N+](C)(C)c1cccc(N)c1.[Br-]. The van der Waals surface area contributed by atoms with Crippen LogP contribution in [0.15, 0.2) is 24.3 Å². The highest BCUT2D eigenvalue weighted by atomic mass is 79.9. The van der Waals surface area contributed by atoms with E-state index in [0.717, 1.165) is 10.2 Å². The Balaban J connectivity index is 0.00000121. The molecular formula is C9H15BrN2. The van der Waals surface area contributed by atoms with Crippen molar-refractivity contribution in [3.05, 3.63) is 24.3 Å². The van der Waals surface area contributed by atoms with Crippen LogP contribution in [0.3, 0.4) is 0 Å². The number of anilines is 1. The van der Waals surface area contributed by atoms with Gasteiger partial charge in [0.2, 0.25) is 0 Å². The van der Waals surface area contributed by atoms with Crippen molar-refractivity contribution >= 4 is 11.4 Å². The zero-order valence-corrected chi connectivity index (χ0v) is 9.30. The molecule has 68 valence electrons. The summed E-state index contributed by atoms with van der Waals surface area (Å²) in [6.07, 6.45) is 0. The molecule has 0 fully saturated rings. The maximum absolute atomic E-state index is 5.65. The summed E-state index contributed by atoms with van der Waals surface area (Å²) in [5, 5.41) is 0. The first-order valence-corrected chi connectivity index (χ1v) is 3.68. The largest absolute Gasteiger partial charge is 1.00 e. The summed E-state index contributed by atoms with van der Waals surface area (Å²) in [5.41, 5.74) is 7.70. The molecule has 0 aliphatic heterocycles. The molecule has 2 nitrogen and oxygen atoms in total. The zero-order chi connectivity index (χ0) is 8.48. The summed E-state index contributed by atoms with van der Waals surface area (Å²) in [4.78, 5) is 0. The molecule has 2 N–H and O–H groups in total. The highest BCUT2D eigenvalue weighted by Crippen LogP contribution is 2.18. The minimum absolute atomic E-state index is 0. The lowest BCUT2D eigenvalue weighted by Gasteiger charge is -2.23. The number of hydrogen-bond donors (Lipinski definition) is 1. The summed E-state index contributed by atoms with van der Waals surface area (Å²) >= 11 is 0. The summed E-state index contributed by atoms with van der Waals surface area (Å²) < 4.78 is 0.811. The predicted octanol–water partition coefficient (Wildman–Crippen LogP) is -1.53. The third kappa shape index (κ3) is 2.83. The third-order valence-corrected chi connectivity index (χ3v) is 1.64. The normalized spacial score (nSPS) is 10.6. The number of hydrogen-bond acceptors (Lipinski definition) is 1. The van der Waals surface area contributed by atoms with Gasteiger partial charge in [0.1, 0.15) is 5.69 Å². The van der Waals surface area contributed by atoms with Gasteiger partial charge in [0, 0.05) is 11.8 Å². The molecule has 0 aliphatic carbocycles. The van der Waals surface area contributed by atoms with Crippen LogP contribution in [0.5, 0.6) is 0 Å². The molecule has 1 rings (SSSR count). The molecule has 0 saturated carbocycles. The van der Waals surface area contributed by atoms with Gasteiger partial charge in [-0.25, -0.2) is 0 Å². The van der Waals surface area contributed by atoms with Crippen molar-refractivity contribution in [2.24, 2.45) is 0 Å². The van der Waals surface area contributed by atoms with E-state index in [0.29, 0.717) is 0 Å². The first kappa shape index (κ1) is 11.5. The second kappa shape index (κ2) is 3.92. The van der Waals surface area contributed by atoms with Gasteiger partial charge < -0.3 is 22.7 Å². The van der Waals surface area contributed by atoms with Gasteiger partial charge in [-0.15, -0.1) is 0 Å². The minimum atomic E-state index is 0. The maximum atomic E-state index is 5.65. The van der Waals surface area contributed by atoms with Gasteiger partial charge in [-0.2, -0.15) is 0 Å². The van der Waals surface area contributed by atoms with Crippen LogP contribution in [-0.4, -0.2) is 21.1 Å². The van der Waals surface area contributed by atoms with E-state index in [1.165, 1.54) is 5.69 Å². The van der Waals surface area contributed by atoms with Crippen LogP contribution >= 0.6 is 0 Å². The number of quaternary nitrogens is 1. The molecule has 0 aliphatic rings. The molecule has 0 aromatic heterocycles. The molecule has 0 heterocycles. The van der Waals surface area contributed by atoms with E-state index in [-0.39, 0.29) is 17.0 Å². The number of halogens is 1. The van der Waals surface area contributed by atoms with E-state index in [9.17, 15) is 0 Å². The fraction of sp³-hybridized carbons (Fsp3) is 0.333. The molecule has 0 atom stereocenters. The second-order valence-corrected chi connectivity index (χ2v) is 3.61. The van der Waals surface area contributed by atoms with E-state index >= 15 is 0 Å². The van der Waals surface area contributed by atoms with Crippen LogP contribution in [0.25, 0.3) is 0 Å². The van der Waals surface area contributed by atoms with Crippen molar-refractivity contribution in [3.63, 3.8) is 0 Å². The average Bonchev–Trinajstić information content (AvgIpc) is 1.86. The lowest BCUT2D eigenvalue weighted by atomic mass is 10.2. The standard InChI is InChI=1S/C9H15N2.BrH/c1-11(2,3)9-6-4-5-8(10)7-9;/h4-7H,10H2,1-3H3;1H/q+1;/p-1. The molecule has 3 heteroatoms. The zero-order valence-electron chi connectivity index (χ0n) is 7.71. The summed E-state index contributed by atoms with van der Waals surface area (Å²) in [5.74, 6) is 0. The number of nitrogens with two attached hydrogens (primary N) is 1. The average molecular weight is 231 g/mol. The van der Waals surface area contributed by atoms with Crippen LogP contribution < -0.4 is 27.2 Å². The van der Waals surface area contributed by atoms with Crippen molar-refractivity contribution in [1.82, 2.24) is 4.48 Å².